The van der Waals surface area contributed by atoms with Gasteiger partial charge in [-0.15, -0.1) is 0 Å². The van der Waals surface area contributed by atoms with E-state index in [0.29, 0.717) is 0 Å². The maximum absolute atomic E-state index is 6.01. The van der Waals surface area contributed by atoms with E-state index in [4.69, 9.17) is 11.5 Å². The molecule has 15 heavy (non-hydrogen) atoms. The predicted octanol–water partition coefficient (Wildman–Crippen LogP) is 1.68. The lowest BCUT2D eigenvalue weighted by molar-refractivity contribution is 0.747. The van der Waals surface area contributed by atoms with Gasteiger partial charge in [0.25, 0.3) is 0 Å². The number of nitrogen functional groups attached to an aromatic ring is 1. The van der Waals surface area contributed by atoms with Crippen LogP contribution < -0.4 is 11.5 Å². The lowest BCUT2D eigenvalue weighted by atomic mass is 10.1. The first-order valence-electron chi connectivity index (χ1n) is 5.25. The number of anilines is 1. The third-order valence-corrected chi connectivity index (χ3v) is 3.46. The Bertz CT molecular complexity index is 291. The highest BCUT2D eigenvalue weighted by Gasteiger charge is 2.06. The summed E-state index contributed by atoms with van der Waals surface area (Å²) >= 11 is 1.90. The Balaban J connectivity index is 2.37. The van der Waals surface area contributed by atoms with Crippen molar-refractivity contribution in [3.63, 3.8) is 0 Å². The molecular weight excluding hydrogens is 206 g/mol. The molecule has 84 valence electrons. The largest absolute Gasteiger partial charge is 0.398 e. The number of thioether (sulfide) groups is 1. The molecule has 0 amide bonds. The van der Waals surface area contributed by atoms with Gasteiger partial charge in [-0.25, -0.2) is 0 Å². The molecule has 0 aliphatic rings. The summed E-state index contributed by atoms with van der Waals surface area (Å²) in [5.41, 5.74) is 13.7. The van der Waals surface area contributed by atoms with Crippen molar-refractivity contribution in [3.8, 4) is 0 Å². The highest BCUT2D eigenvalue weighted by atomic mass is 32.2. The molecular formula is C11H19N3S. The Hall–Kier alpha value is -0.740. The summed E-state index contributed by atoms with van der Waals surface area (Å²) in [6, 6.07) is 1.99. The van der Waals surface area contributed by atoms with E-state index < -0.39 is 0 Å². The lowest BCUT2D eigenvalue weighted by Crippen LogP contribution is -2.26. The van der Waals surface area contributed by atoms with Crippen LogP contribution in [-0.2, 0) is 6.42 Å². The van der Waals surface area contributed by atoms with Gasteiger partial charge in [0.2, 0.25) is 0 Å². The Kier molecular flexibility index (Phi) is 5.50. The third kappa shape index (κ3) is 4.53. The van der Waals surface area contributed by atoms with Crippen molar-refractivity contribution in [3.05, 3.63) is 24.0 Å². The molecule has 1 aromatic rings. The topological polar surface area (TPSA) is 64.9 Å². The molecule has 0 fully saturated rings. The van der Waals surface area contributed by atoms with Crippen molar-refractivity contribution in [1.29, 1.82) is 0 Å². The van der Waals surface area contributed by atoms with Crippen LogP contribution in [0.1, 0.15) is 18.9 Å². The van der Waals surface area contributed by atoms with E-state index in [9.17, 15) is 0 Å². The fourth-order valence-corrected chi connectivity index (χ4v) is 2.20. The normalized spacial score (nSPS) is 12.7. The van der Waals surface area contributed by atoms with Crippen molar-refractivity contribution in [2.24, 2.45) is 5.73 Å². The van der Waals surface area contributed by atoms with Gasteiger partial charge in [-0.05, 0) is 30.2 Å². The summed E-state index contributed by atoms with van der Waals surface area (Å²) in [5.74, 6) is 2.17. The molecule has 0 aliphatic carbocycles. The number of pyridine rings is 1. The number of nitrogens with zero attached hydrogens (tertiary/aromatic N) is 1. The van der Waals surface area contributed by atoms with Gasteiger partial charge in [0, 0.05) is 29.9 Å². The quantitative estimate of drug-likeness (QED) is 0.723. The van der Waals surface area contributed by atoms with Gasteiger partial charge in [-0.2, -0.15) is 11.8 Å². The highest BCUT2D eigenvalue weighted by molar-refractivity contribution is 7.99. The molecule has 4 heteroatoms. The van der Waals surface area contributed by atoms with E-state index in [0.717, 1.165) is 23.4 Å². The molecule has 0 saturated carbocycles. The maximum atomic E-state index is 6.01. The van der Waals surface area contributed by atoms with Gasteiger partial charge in [0.1, 0.15) is 0 Å². The van der Waals surface area contributed by atoms with Crippen LogP contribution in [-0.4, -0.2) is 22.5 Å². The van der Waals surface area contributed by atoms with E-state index in [1.807, 2.05) is 17.8 Å². The predicted molar refractivity (Wildman–Crippen MR) is 67.9 cm³/mol. The minimum absolute atomic E-state index is 0.174. The number of rotatable bonds is 6. The maximum Gasteiger partial charge on any atom is 0.0378 e. The van der Waals surface area contributed by atoms with E-state index in [1.165, 1.54) is 12.2 Å². The van der Waals surface area contributed by atoms with Crippen LogP contribution in [0, 0.1) is 0 Å². The first-order chi connectivity index (χ1) is 7.24. The average molecular weight is 225 g/mol. The standard InChI is InChI=1S/C11H19N3S/c1-2-5-15-8-10(12)6-9-7-14-4-3-11(9)13/h3-4,7,10H,2,5-6,8,12H2,1H3,(H2,13,14). The van der Waals surface area contributed by atoms with E-state index >= 15 is 0 Å². The van der Waals surface area contributed by atoms with Crippen LogP contribution in [0.25, 0.3) is 0 Å². The minimum atomic E-state index is 0.174. The lowest BCUT2D eigenvalue weighted by Gasteiger charge is -2.12. The third-order valence-electron chi connectivity index (χ3n) is 2.10. The van der Waals surface area contributed by atoms with Gasteiger partial charge < -0.3 is 11.5 Å². The van der Waals surface area contributed by atoms with Crippen LogP contribution >= 0.6 is 11.8 Å². The summed E-state index contributed by atoms with van der Waals surface area (Å²) in [7, 11) is 0. The summed E-state index contributed by atoms with van der Waals surface area (Å²) in [6.07, 6.45) is 5.53. The molecule has 1 unspecified atom stereocenters. The van der Waals surface area contributed by atoms with Crippen LogP contribution in [0.4, 0.5) is 5.69 Å². The molecule has 4 N–H and O–H groups in total. The molecule has 1 rings (SSSR count). The Morgan fingerprint density at radius 3 is 3.00 bits per heavy atom. The van der Waals surface area contributed by atoms with Crippen molar-refractivity contribution < 1.29 is 0 Å². The zero-order valence-corrected chi connectivity index (χ0v) is 9.96. The number of nitrogens with two attached hydrogens (primary N) is 2. The van der Waals surface area contributed by atoms with Crippen LogP contribution in [0.2, 0.25) is 0 Å². The first-order valence-corrected chi connectivity index (χ1v) is 6.41. The molecule has 1 aromatic heterocycles. The Morgan fingerprint density at radius 1 is 1.53 bits per heavy atom. The molecule has 0 bridgehead atoms. The zero-order chi connectivity index (χ0) is 11.1. The molecule has 0 aromatic carbocycles. The van der Waals surface area contributed by atoms with Gasteiger partial charge >= 0.3 is 0 Å². The number of hydrogen-bond donors (Lipinski definition) is 2. The molecule has 0 aliphatic heterocycles. The summed E-state index contributed by atoms with van der Waals surface area (Å²) in [4.78, 5) is 4.05. The zero-order valence-electron chi connectivity index (χ0n) is 9.15. The van der Waals surface area contributed by atoms with Gasteiger partial charge in [-0.1, -0.05) is 6.92 Å². The summed E-state index contributed by atoms with van der Waals surface area (Å²) < 4.78 is 0. The molecule has 1 heterocycles. The van der Waals surface area contributed by atoms with E-state index in [1.54, 1.807) is 12.4 Å². The van der Waals surface area contributed by atoms with Crippen LogP contribution in [0.15, 0.2) is 18.5 Å². The average Bonchev–Trinajstić information content (AvgIpc) is 2.22. The molecule has 0 spiro atoms. The monoisotopic (exact) mass is 225 g/mol. The minimum Gasteiger partial charge on any atom is -0.398 e. The van der Waals surface area contributed by atoms with Gasteiger partial charge in [0.05, 0.1) is 0 Å². The second kappa shape index (κ2) is 6.69. The number of hydrogen-bond acceptors (Lipinski definition) is 4. The second-order valence-electron chi connectivity index (χ2n) is 3.61. The summed E-state index contributed by atoms with van der Waals surface area (Å²) in [5, 5.41) is 0. The molecule has 1 atom stereocenters. The molecule has 3 nitrogen and oxygen atoms in total. The fourth-order valence-electron chi connectivity index (χ4n) is 1.33. The second-order valence-corrected chi connectivity index (χ2v) is 4.76. The van der Waals surface area contributed by atoms with Crippen molar-refractivity contribution in [2.45, 2.75) is 25.8 Å². The van der Waals surface area contributed by atoms with Crippen molar-refractivity contribution >= 4 is 17.4 Å². The van der Waals surface area contributed by atoms with Crippen LogP contribution in [0.5, 0.6) is 0 Å². The van der Waals surface area contributed by atoms with Crippen molar-refractivity contribution in [1.82, 2.24) is 4.98 Å². The Morgan fingerprint density at radius 2 is 2.33 bits per heavy atom. The smallest absolute Gasteiger partial charge is 0.0378 e. The molecule has 0 radical (unpaired) electrons. The molecule has 0 saturated heterocycles. The van der Waals surface area contributed by atoms with Crippen molar-refractivity contribution in [2.75, 3.05) is 17.2 Å². The first kappa shape index (κ1) is 12.3. The summed E-state index contributed by atoms with van der Waals surface area (Å²) in [6.45, 7) is 2.18. The van der Waals surface area contributed by atoms with E-state index in [-0.39, 0.29) is 6.04 Å². The van der Waals surface area contributed by atoms with E-state index in [2.05, 4.69) is 11.9 Å². The number of aromatic nitrogens is 1. The fraction of sp³-hybridized carbons (Fsp3) is 0.545. The highest BCUT2D eigenvalue weighted by Crippen LogP contribution is 2.13. The SMILES string of the molecule is CCCSCC(N)Cc1cnccc1N. The van der Waals surface area contributed by atoms with Gasteiger partial charge in [-0.3, -0.25) is 4.98 Å². The Labute approximate surface area is 95.6 Å². The van der Waals surface area contributed by atoms with Crippen LogP contribution in [0.3, 0.4) is 0 Å². The van der Waals surface area contributed by atoms with Gasteiger partial charge in [0.15, 0.2) is 0 Å².